The van der Waals surface area contributed by atoms with Gasteiger partial charge in [0, 0.05) is 35.7 Å². The first-order valence-electron chi connectivity index (χ1n) is 11.3. The minimum atomic E-state index is -0.474. The van der Waals surface area contributed by atoms with E-state index in [1.165, 1.54) is 18.4 Å². The number of amides is 1. The highest BCUT2D eigenvalue weighted by atomic mass is 79.9. The normalized spacial score (nSPS) is 28.4. The lowest BCUT2D eigenvalue weighted by molar-refractivity contribution is -0.320. The zero-order valence-corrected chi connectivity index (χ0v) is 19.6. The summed E-state index contributed by atoms with van der Waals surface area (Å²) in [7, 11) is 0. The van der Waals surface area contributed by atoms with E-state index in [1.807, 2.05) is 4.90 Å². The van der Waals surface area contributed by atoms with E-state index in [2.05, 4.69) is 54.0 Å². The molecule has 2 spiro atoms. The third-order valence-electron chi connectivity index (χ3n) is 7.34. The molecule has 2 saturated carbocycles. The number of rotatable bonds is 3. The summed E-state index contributed by atoms with van der Waals surface area (Å²) in [4.78, 5) is 15.1. The highest BCUT2D eigenvalue weighted by molar-refractivity contribution is 9.10. The summed E-state index contributed by atoms with van der Waals surface area (Å²) >= 11 is 3.51. The zero-order chi connectivity index (χ0) is 21.0. The summed E-state index contributed by atoms with van der Waals surface area (Å²) in [6.45, 7) is 6.55. The van der Waals surface area contributed by atoms with Crippen LogP contribution in [-0.2, 0) is 14.2 Å². The number of carbonyl (C=O) groups is 1. The third-order valence-corrected chi connectivity index (χ3v) is 7.87. The van der Waals surface area contributed by atoms with Gasteiger partial charge in [0.2, 0.25) is 0 Å². The van der Waals surface area contributed by atoms with Crippen molar-refractivity contribution in [3.05, 3.63) is 34.3 Å². The topological polar surface area (TPSA) is 48.0 Å². The van der Waals surface area contributed by atoms with Gasteiger partial charge in [0.05, 0.1) is 19.3 Å². The minimum Gasteiger partial charge on any atom is -0.443 e. The van der Waals surface area contributed by atoms with Crippen molar-refractivity contribution < 1.29 is 19.0 Å². The van der Waals surface area contributed by atoms with Gasteiger partial charge >= 0.3 is 6.09 Å². The van der Waals surface area contributed by atoms with Gasteiger partial charge in [-0.25, -0.2) is 4.79 Å². The molecule has 4 aliphatic rings. The molecule has 5 nitrogen and oxygen atoms in total. The summed E-state index contributed by atoms with van der Waals surface area (Å²) in [5.74, 6) is 0.0768. The molecule has 4 fully saturated rings. The molecule has 0 aromatic heterocycles. The summed E-state index contributed by atoms with van der Waals surface area (Å²) in [6.07, 6.45) is 6.35. The van der Waals surface area contributed by atoms with Crippen LogP contribution in [0, 0.1) is 11.3 Å². The van der Waals surface area contributed by atoms with E-state index >= 15 is 0 Å². The van der Waals surface area contributed by atoms with Crippen LogP contribution in [0.5, 0.6) is 0 Å². The maximum Gasteiger partial charge on any atom is 0.410 e. The van der Waals surface area contributed by atoms with Crippen molar-refractivity contribution in [1.82, 2.24) is 4.90 Å². The van der Waals surface area contributed by atoms with Crippen LogP contribution >= 0.6 is 15.9 Å². The monoisotopic (exact) mass is 477 g/mol. The van der Waals surface area contributed by atoms with Gasteiger partial charge < -0.3 is 19.1 Å². The van der Waals surface area contributed by atoms with E-state index in [4.69, 9.17) is 14.2 Å². The molecule has 0 radical (unpaired) electrons. The van der Waals surface area contributed by atoms with Crippen LogP contribution in [0.2, 0.25) is 0 Å². The van der Waals surface area contributed by atoms with Crippen LogP contribution in [0.4, 0.5) is 4.79 Å². The van der Waals surface area contributed by atoms with Gasteiger partial charge in [-0.1, -0.05) is 41.9 Å². The molecule has 2 aliphatic heterocycles. The summed E-state index contributed by atoms with van der Waals surface area (Å²) < 4.78 is 19.6. The highest BCUT2D eigenvalue weighted by Crippen LogP contribution is 2.50. The highest BCUT2D eigenvalue weighted by Gasteiger charge is 2.52. The number of halogens is 1. The molecule has 6 heteroatoms. The molecule has 5 rings (SSSR count). The van der Waals surface area contributed by atoms with Gasteiger partial charge in [-0.05, 0) is 49.3 Å². The fourth-order valence-corrected chi connectivity index (χ4v) is 5.47. The number of benzene rings is 1. The van der Waals surface area contributed by atoms with Gasteiger partial charge in [-0.15, -0.1) is 0 Å². The minimum absolute atomic E-state index is 0.0725. The molecule has 2 heterocycles. The van der Waals surface area contributed by atoms with E-state index in [0.29, 0.717) is 5.92 Å². The molecule has 1 aromatic carbocycles. The van der Waals surface area contributed by atoms with Crippen LogP contribution in [0.25, 0.3) is 0 Å². The Morgan fingerprint density at radius 3 is 2.20 bits per heavy atom. The average molecular weight is 478 g/mol. The predicted octanol–water partition coefficient (Wildman–Crippen LogP) is 5.82. The first-order chi connectivity index (χ1) is 14.3. The Balaban J connectivity index is 1.25. The van der Waals surface area contributed by atoms with Crippen LogP contribution in [0.1, 0.15) is 70.4 Å². The molecule has 1 atom stereocenters. The molecule has 0 unspecified atom stereocenters. The standard InChI is InChI=1S/C24H32BrNO4/c1-22(2)15-28-24(29-16-22)11-9-23(10-12-24)13-14-26(21(27)30-23)20(17-3-4-17)18-5-7-19(25)8-6-18/h5-8,17,20H,3-4,9-16H2,1-2H3/t20-/m0/s1. The number of hydrogen-bond donors (Lipinski definition) is 0. The number of ether oxygens (including phenoxy) is 3. The lowest BCUT2D eigenvalue weighted by atomic mass is 9.77. The average Bonchev–Trinajstić information content (AvgIpc) is 3.55. The van der Waals surface area contributed by atoms with Crippen LogP contribution in [-0.4, -0.2) is 42.1 Å². The Labute approximate surface area is 187 Å². The Bertz CT molecular complexity index is 784. The molecule has 1 aromatic rings. The number of nitrogens with zero attached hydrogens (tertiary/aromatic N) is 1. The predicted molar refractivity (Wildman–Crippen MR) is 117 cm³/mol. The van der Waals surface area contributed by atoms with Crippen molar-refractivity contribution in [2.75, 3.05) is 19.8 Å². The summed E-state index contributed by atoms with van der Waals surface area (Å²) in [5.41, 5.74) is 0.929. The first kappa shape index (κ1) is 20.8. The summed E-state index contributed by atoms with van der Waals surface area (Å²) in [5, 5.41) is 0. The van der Waals surface area contributed by atoms with Gasteiger partial charge in [0.25, 0.3) is 0 Å². The van der Waals surface area contributed by atoms with E-state index in [9.17, 15) is 4.79 Å². The van der Waals surface area contributed by atoms with Crippen molar-refractivity contribution in [3.63, 3.8) is 0 Å². The van der Waals surface area contributed by atoms with Gasteiger partial charge in [-0.3, -0.25) is 0 Å². The number of hydrogen-bond acceptors (Lipinski definition) is 4. The van der Waals surface area contributed by atoms with Crippen LogP contribution in [0.3, 0.4) is 0 Å². The van der Waals surface area contributed by atoms with Crippen molar-refractivity contribution in [2.24, 2.45) is 11.3 Å². The zero-order valence-electron chi connectivity index (χ0n) is 18.0. The van der Waals surface area contributed by atoms with Crippen molar-refractivity contribution >= 4 is 22.0 Å². The van der Waals surface area contributed by atoms with E-state index in [0.717, 1.165) is 56.3 Å². The fraction of sp³-hybridized carbons (Fsp3) is 0.708. The van der Waals surface area contributed by atoms with Crippen LogP contribution < -0.4 is 0 Å². The van der Waals surface area contributed by atoms with E-state index in [-0.39, 0.29) is 23.2 Å². The Morgan fingerprint density at radius 2 is 1.63 bits per heavy atom. The second-order valence-electron chi connectivity index (χ2n) is 10.5. The van der Waals surface area contributed by atoms with Gasteiger partial charge in [0.15, 0.2) is 5.79 Å². The Kier molecular flexibility index (Phi) is 5.19. The SMILES string of the molecule is CC1(C)COC2(CCC3(CCN([C@H](c4ccc(Br)cc4)C4CC4)C(=O)O3)CC2)OC1. The van der Waals surface area contributed by atoms with Crippen LogP contribution in [0.15, 0.2) is 28.7 Å². The van der Waals surface area contributed by atoms with E-state index < -0.39 is 5.79 Å². The molecule has 30 heavy (non-hydrogen) atoms. The van der Waals surface area contributed by atoms with Gasteiger partial charge in [-0.2, -0.15) is 0 Å². The second kappa shape index (κ2) is 7.49. The van der Waals surface area contributed by atoms with Gasteiger partial charge in [0.1, 0.15) is 5.60 Å². The molecule has 0 bridgehead atoms. The molecule has 2 saturated heterocycles. The molecule has 2 aliphatic carbocycles. The maximum atomic E-state index is 13.2. The molecule has 0 N–H and O–H groups in total. The lowest BCUT2D eigenvalue weighted by Gasteiger charge is -2.52. The molecule has 164 valence electrons. The van der Waals surface area contributed by atoms with Crippen molar-refractivity contribution in [1.29, 1.82) is 0 Å². The maximum absolute atomic E-state index is 13.2. The summed E-state index contributed by atoms with van der Waals surface area (Å²) in [6, 6.07) is 8.52. The number of carbonyl (C=O) groups excluding carboxylic acids is 1. The van der Waals surface area contributed by atoms with Crippen molar-refractivity contribution in [3.8, 4) is 0 Å². The van der Waals surface area contributed by atoms with Crippen molar-refractivity contribution in [2.45, 2.75) is 76.2 Å². The fourth-order valence-electron chi connectivity index (χ4n) is 5.21. The second-order valence-corrected chi connectivity index (χ2v) is 11.4. The first-order valence-corrected chi connectivity index (χ1v) is 12.1. The lowest BCUT2D eigenvalue weighted by Crippen LogP contribution is -2.57. The third kappa shape index (κ3) is 4.03. The molecular formula is C24H32BrNO4. The Morgan fingerprint density at radius 1 is 1.00 bits per heavy atom. The Hall–Kier alpha value is -1.11. The quantitative estimate of drug-likeness (QED) is 0.549. The smallest absolute Gasteiger partial charge is 0.410 e. The van der Waals surface area contributed by atoms with E-state index in [1.54, 1.807) is 0 Å². The largest absolute Gasteiger partial charge is 0.443 e. The molecular weight excluding hydrogens is 446 g/mol. The molecule has 1 amide bonds.